The standard InChI is InChI=1S/C17H23IO2/c1-2-14(15-10-12-16(18)13-11-15)8-6-4-3-5-7-9-17(19)20/h2,10-14H,1,3-9H2,(H,19,20). The summed E-state index contributed by atoms with van der Waals surface area (Å²) in [5.41, 5.74) is 1.34. The third-order valence-electron chi connectivity index (χ3n) is 3.49. The molecule has 2 nitrogen and oxygen atoms in total. The molecule has 3 heteroatoms. The zero-order chi connectivity index (χ0) is 14.8. The molecule has 20 heavy (non-hydrogen) atoms. The van der Waals surface area contributed by atoms with Crippen LogP contribution in [0.25, 0.3) is 0 Å². The van der Waals surface area contributed by atoms with E-state index in [-0.39, 0.29) is 0 Å². The summed E-state index contributed by atoms with van der Waals surface area (Å²) in [6.07, 6.45) is 8.77. The van der Waals surface area contributed by atoms with E-state index in [1.54, 1.807) is 0 Å². The Kier molecular flexibility index (Phi) is 8.58. The van der Waals surface area contributed by atoms with Crippen molar-refractivity contribution in [1.82, 2.24) is 0 Å². The lowest BCUT2D eigenvalue weighted by Gasteiger charge is -2.13. The first kappa shape index (κ1) is 17.2. The van der Waals surface area contributed by atoms with Crippen LogP contribution in [-0.2, 0) is 4.79 Å². The lowest BCUT2D eigenvalue weighted by Crippen LogP contribution is -1.96. The van der Waals surface area contributed by atoms with Crippen molar-refractivity contribution >= 4 is 28.6 Å². The molecule has 0 radical (unpaired) electrons. The monoisotopic (exact) mass is 386 g/mol. The van der Waals surface area contributed by atoms with Crippen LogP contribution in [0.3, 0.4) is 0 Å². The Bertz CT molecular complexity index is 412. The Labute approximate surface area is 135 Å². The number of unbranched alkanes of at least 4 members (excludes halogenated alkanes) is 4. The van der Waals surface area contributed by atoms with Crippen LogP contribution < -0.4 is 0 Å². The normalized spacial score (nSPS) is 12.1. The summed E-state index contributed by atoms with van der Waals surface area (Å²) in [6, 6.07) is 8.64. The van der Waals surface area contributed by atoms with E-state index in [0.29, 0.717) is 12.3 Å². The maximum Gasteiger partial charge on any atom is 0.303 e. The summed E-state index contributed by atoms with van der Waals surface area (Å²) in [5.74, 6) is -0.249. The average molecular weight is 386 g/mol. The quantitative estimate of drug-likeness (QED) is 0.333. The molecule has 0 aliphatic rings. The Morgan fingerprint density at radius 1 is 1.15 bits per heavy atom. The highest BCUT2D eigenvalue weighted by molar-refractivity contribution is 14.1. The molecular weight excluding hydrogens is 363 g/mol. The SMILES string of the molecule is C=CC(CCCCCCCC(=O)O)c1ccc(I)cc1. The predicted molar refractivity (Wildman–Crippen MR) is 92.1 cm³/mol. The first-order valence-electron chi connectivity index (χ1n) is 7.23. The van der Waals surface area contributed by atoms with Gasteiger partial charge in [0.15, 0.2) is 0 Å². The van der Waals surface area contributed by atoms with Gasteiger partial charge in [0.1, 0.15) is 0 Å². The van der Waals surface area contributed by atoms with Crippen LogP contribution in [0.15, 0.2) is 36.9 Å². The molecule has 0 heterocycles. The summed E-state index contributed by atoms with van der Waals surface area (Å²) < 4.78 is 1.26. The Balaban J connectivity index is 2.20. The van der Waals surface area contributed by atoms with Gasteiger partial charge in [-0.15, -0.1) is 6.58 Å². The van der Waals surface area contributed by atoms with Gasteiger partial charge in [-0.25, -0.2) is 0 Å². The lowest BCUT2D eigenvalue weighted by molar-refractivity contribution is -0.137. The fourth-order valence-corrected chi connectivity index (χ4v) is 2.66. The van der Waals surface area contributed by atoms with Crippen LogP contribution in [-0.4, -0.2) is 11.1 Å². The van der Waals surface area contributed by atoms with Crippen LogP contribution >= 0.6 is 22.6 Å². The number of rotatable bonds is 10. The van der Waals surface area contributed by atoms with Crippen molar-refractivity contribution in [3.05, 3.63) is 46.1 Å². The molecule has 0 aliphatic heterocycles. The minimum Gasteiger partial charge on any atom is -0.481 e. The molecule has 0 aliphatic carbocycles. The van der Waals surface area contributed by atoms with Crippen LogP contribution in [0.5, 0.6) is 0 Å². The van der Waals surface area contributed by atoms with Gasteiger partial charge in [0.05, 0.1) is 0 Å². The molecule has 110 valence electrons. The van der Waals surface area contributed by atoms with Crippen molar-refractivity contribution in [3.8, 4) is 0 Å². The van der Waals surface area contributed by atoms with E-state index in [4.69, 9.17) is 5.11 Å². The van der Waals surface area contributed by atoms with E-state index >= 15 is 0 Å². The van der Waals surface area contributed by atoms with Gasteiger partial charge in [0.25, 0.3) is 0 Å². The number of benzene rings is 1. The van der Waals surface area contributed by atoms with Gasteiger partial charge in [0.2, 0.25) is 0 Å². The van der Waals surface area contributed by atoms with Gasteiger partial charge in [-0.3, -0.25) is 4.79 Å². The van der Waals surface area contributed by atoms with Gasteiger partial charge in [-0.1, -0.05) is 43.9 Å². The number of carboxylic acids is 1. The van der Waals surface area contributed by atoms with Crippen LogP contribution in [0.2, 0.25) is 0 Å². The molecule has 0 amide bonds. The van der Waals surface area contributed by atoms with Crippen molar-refractivity contribution < 1.29 is 9.90 Å². The lowest BCUT2D eigenvalue weighted by atomic mass is 9.93. The number of carboxylic acid groups (broad SMARTS) is 1. The molecule has 1 rings (SSSR count). The van der Waals surface area contributed by atoms with Crippen LogP contribution in [0.4, 0.5) is 0 Å². The van der Waals surface area contributed by atoms with Gasteiger partial charge >= 0.3 is 5.97 Å². The van der Waals surface area contributed by atoms with Gasteiger partial charge in [-0.2, -0.15) is 0 Å². The first-order chi connectivity index (χ1) is 9.63. The molecule has 0 spiro atoms. The zero-order valence-electron chi connectivity index (χ0n) is 11.9. The van der Waals surface area contributed by atoms with Crippen molar-refractivity contribution in [1.29, 1.82) is 0 Å². The first-order valence-corrected chi connectivity index (χ1v) is 8.31. The molecule has 1 aromatic carbocycles. The maximum absolute atomic E-state index is 10.4. The van der Waals surface area contributed by atoms with Crippen molar-refractivity contribution in [2.24, 2.45) is 0 Å². The molecule has 0 aromatic heterocycles. The fraction of sp³-hybridized carbons (Fsp3) is 0.471. The average Bonchev–Trinajstić information content (AvgIpc) is 2.43. The third kappa shape index (κ3) is 7.08. The van der Waals surface area contributed by atoms with E-state index in [1.807, 2.05) is 6.08 Å². The summed E-state index contributed by atoms with van der Waals surface area (Å²) in [6.45, 7) is 3.94. The molecule has 0 bridgehead atoms. The number of aliphatic carboxylic acids is 1. The molecule has 0 saturated heterocycles. The number of halogens is 1. The summed E-state index contributed by atoms with van der Waals surface area (Å²) in [7, 11) is 0. The topological polar surface area (TPSA) is 37.3 Å². The van der Waals surface area contributed by atoms with Gasteiger partial charge < -0.3 is 5.11 Å². The summed E-state index contributed by atoms with van der Waals surface area (Å²) in [4.78, 5) is 10.4. The van der Waals surface area contributed by atoms with E-state index in [1.165, 1.54) is 22.0 Å². The van der Waals surface area contributed by atoms with Crippen molar-refractivity contribution in [3.63, 3.8) is 0 Å². The summed E-state index contributed by atoms with van der Waals surface area (Å²) in [5, 5.41) is 8.55. The summed E-state index contributed by atoms with van der Waals surface area (Å²) >= 11 is 2.32. The van der Waals surface area contributed by atoms with Crippen LogP contribution in [0, 0.1) is 3.57 Å². The Hall–Kier alpha value is -0.840. The minimum absolute atomic E-state index is 0.304. The van der Waals surface area contributed by atoms with Gasteiger partial charge in [0, 0.05) is 15.9 Å². The van der Waals surface area contributed by atoms with E-state index in [0.717, 1.165) is 25.7 Å². The highest BCUT2D eigenvalue weighted by Crippen LogP contribution is 2.24. The number of hydrogen-bond acceptors (Lipinski definition) is 1. The third-order valence-corrected chi connectivity index (χ3v) is 4.21. The number of hydrogen-bond donors (Lipinski definition) is 1. The second-order valence-electron chi connectivity index (χ2n) is 5.09. The fourth-order valence-electron chi connectivity index (χ4n) is 2.30. The highest BCUT2D eigenvalue weighted by Gasteiger charge is 2.07. The van der Waals surface area contributed by atoms with Crippen molar-refractivity contribution in [2.75, 3.05) is 0 Å². The predicted octanol–water partition coefficient (Wildman–Crippen LogP) is 5.38. The van der Waals surface area contributed by atoms with E-state index in [2.05, 4.69) is 53.4 Å². The second kappa shape index (κ2) is 9.97. The maximum atomic E-state index is 10.4. The molecule has 1 atom stereocenters. The number of carbonyl (C=O) groups is 1. The van der Waals surface area contributed by atoms with Gasteiger partial charge in [-0.05, 0) is 53.1 Å². The highest BCUT2D eigenvalue weighted by atomic mass is 127. The van der Waals surface area contributed by atoms with Crippen molar-refractivity contribution in [2.45, 2.75) is 50.9 Å². The van der Waals surface area contributed by atoms with Crippen LogP contribution in [0.1, 0.15) is 56.4 Å². The molecule has 1 N–H and O–H groups in total. The number of allylic oxidation sites excluding steroid dienone is 1. The molecule has 1 aromatic rings. The molecule has 1 unspecified atom stereocenters. The largest absolute Gasteiger partial charge is 0.481 e. The zero-order valence-corrected chi connectivity index (χ0v) is 14.0. The Morgan fingerprint density at radius 3 is 2.35 bits per heavy atom. The molecule has 0 fully saturated rings. The van der Waals surface area contributed by atoms with E-state index in [9.17, 15) is 4.79 Å². The van der Waals surface area contributed by atoms with E-state index < -0.39 is 5.97 Å². The smallest absolute Gasteiger partial charge is 0.303 e. The Morgan fingerprint density at radius 2 is 1.75 bits per heavy atom. The second-order valence-corrected chi connectivity index (χ2v) is 6.34. The molecule has 0 saturated carbocycles. The molecular formula is C17H23IO2. The minimum atomic E-state index is -0.685.